The molecule has 0 aromatic carbocycles. The number of carbonyl (C=O) groups is 2. The monoisotopic (exact) mass is 339 g/mol. The lowest BCUT2D eigenvalue weighted by atomic mass is 9.80. The van der Waals surface area contributed by atoms with Gasteiger partial charge < -0.3 is 19.3 Å². The summed E-state index contributed by atoms with van der Waals surface area (Å²) in [4.78, 5) is 31.2. The first-order valence-electron chi connectivity index (χ1n) is 8.67. The number of nitrogens with zero attached hydrogens (tertiary/aromatic N) is 3. The average Bonchev–Trinajstić information content (AvgIpc) is 2.50. The second kappa shape index (κ2) is 6.28. The van der Waals surface area contributed by atoms with Crippen molar-refractivity contribution in [1.82, 2.24) is 14.7 Å². The zero-order valence-corrected chi connectivity index (χ0v) is 15.2. The fourth-order valence-corrected chi connectivity index (χ4v) is 4.16. The predicted octanol–water partition coefficient (Wildman–Crippen LogP) is -0.197. The minimum Gasteiger partial charge on any atom is -0.378 e. The second-order valence-electron chi connectivity index (χ2n) is 8.26. The van der Waals surface area contributed by atoms with Crippen molar-refractivity contribution in [2.45, 2.75) is 32.4 Å². The lowest BCUT2D eigenvalue weighted by Crippen LogP contribution is -2.82. The minimum absolute atomic E-state index is 0.0164. The summed E-state index contributed by atoms with van der Waals surface area (Å²) in [5.74, 6) is 0.195. The van der Waals surface area contributed by atoms with Gasteiger partial charge in [-0.05, 0) is 0 Å². The maximum atomic E-state index is 12.5. The Bertz CT molecular complexity index is 510. The van der Waals surface area contributed by atoms with E-state index < -0.39 is 0 Å². The number of rotatable bonds is 2. The molecular formula is C17H29N3O4. The molecule has 7 nitrogen and oxygen atoms in total. The largest absolute Gasteiger partial charge is 0.378 e. The normalized spacial score (nSPS) is 26.9. The number of amides is 2. The van der Waals surface area contributed by atoms with Crippen LogP contribution in [-0.4, -0.2) is 97.7 Å². The molecule has 1 atom stereocenters. The Hall–Kier alpha value is -1.18. The topological polar surface area (TPSA) is 62.3 Å². The van der Waals surface area contributed by atoms with Crippen molar-refractivity contribution in [1.29, 1.82) is 0 Å². The van der Waals surface area contributed by atoms with E-state index in [-0.39, 0.29) is 35.4 Å². The molecule has 2 amide bonds. The molecule has 0 saturated carbocycles. The second-order valence-corrected chi connectivity index (χ2v) is 8.26. The Morgan fingerprint density at radius 2 is 1.88 bits per heavy atom. The summed E-state index contributed by atoms with van der Waals surface area (Å²) in [6.07, 6.45) is 0. The van der Waals surface area contributed by atoms with Crippen molar-refractivity contribution >= 4 is 11.8 Å². The highest BCUT2D eigenvalue weighted by Gasteiger charge is 2.56. The van der Waals surface area contributed by atoms with E-state index in [1.165, 1.54) is 0 Å². The highest BCUT2D eigenvalue weighted by atomic mass is 16.5. The smallest absolute Gasteiger partial charge is 0.248 e. The van der Waals surface area contributed by atoms with Crippen molar-refractivity contribution < 1.29 is 19.1 Å². The van der Waals surface area contributed by atoms with Crippen LogP contribution >= 0.6 is 0 Å². The summed E-state index contributed by atoms with van der Waals surface area (Å²) in [5.41, 5.74) is -0.497. The molecule has 24 heavy (non-hydrogen) atoms. The first-order chi connectivity index (χ1) is 11.3. The van der Waals surface area contributed by atoms with Gasteiger partial charge >= 0.3 is 0 Å². The molecule has 3 fully saturated rings. The third-order valence-electron chi connectivity index (χ3n) is 5.27. The van der Waals surface area contributed by atoms with Gasteiger partial charge in [0, 0.05) is 45.2 Å². The van der Waals surface area contributed by atoms with Crippen LogP contribution in [0.5, 0.6) is 0 Å². The van der Waals surface area contributed by atoms with Gasteiger partial charge in [0.2, 0.25) is 11.8 Å². The van der Waals surface area contributed by atoms with Gasteiger partial charge in [-0.15, -0.1) is 0 Å². The number of likely N-dealkylation sites (tertiary alicyclic amines) is 1. The van der Waals surface area contributed by atoms with E-state index in [9.17, 15) is 9.59 Å². The Morgan fingerprint density at radius 3 is 2.50 bits per heavy atom. The molecule has 3 rings (SSSR count). The first-order valence-corrected chi connectivity index (χ1v) is 8.67. The molecule has 1 spiro atoms. The summed E-state index contributed by atoms with van der Waals surface area (Å²) < 4.78 is 10.6. The summed E-state index contributed by atoms with van der Waals surface area (Å²) in [6.45, 7) is 10.9. The quantitative estimate of drug-likeness (QED) is 0.697. The van der Waals surface area contributed by atoms with E-state index in [0.717, 1.165) is 13.2 Å². The van der Waals surface area contributed by atoms with Gasteiger partial charge in [0.1, 0.15) is 6.61 Å². The lowest BCUT2D eigenvalue weighted by Gasteiger charge is -2.63. The number of piperazine rings is 1. The van der Waals surface area contributed by atoms with Gasteiger partial charge in [-0.3, -0.25) is 14.5 Å². The molecule has 0 bridgehead atoms. The fourth-order valence-electron chi connectivity index (χ4n) is 4.16. The number of hydrogen-bond acceptors (Lipinski definition) is 5. The fraction of sp³-hybridized carbons (Fsp3) is 0.882. The molecule has 3 heterocycles. The van der Waals surface area contributed by atoms with Gasteiger partial charge in [-0.25, -0.2) is 0 Å². The van der Waals surface area contributed by atoms with Crippen LogP contribution in [0.25, 0.3) is 0 Å². The van der Waals surface area contributed by atoms with E-state index in [2.05, 4.69) is 4.90 Å². The van der Waals surface area contributed by atoms with E-state index in [4.69, 9.17) is 9.47 Å². The molecule has 3 saturated heterocycles. The van der Waals surface area contributed by atoms with E-state index in [0.29, 0.717) is 32.8 Å². The van der Waals surface area contributed by atoms with Crippen molar-refractivity contribution in [2.24, 2.45) is 5.41 Å². The van der Waals surface area contributed by atoms with Crippen molar-refractivity contribution in [3.8, 4) is 0 Å². The standard InChI is InChI=1S/C17H29N3O4/c1-16(2,3)15(22)19-11-17(12-19)10-18(14(21)9-23-4)7-13-8-24-6-5-20(13)17/h13H,5-12H2,1-4H3/t13-/m1/s1. The Morgan fingerprint density at radius 1 is 1.21 bits per heavy atom. The van der Waals surface area contributed by atoms with Crippen LogP contribution in [0.15, 0.2) is 0 Å². The van der Waals surface area contributed by atoms with Crippen molar-refractivity contribution in [3.05, 3.63) is 0 Å². The molecule has 0 N–H and O–H groups in total. The number of methoxy groups -OCH3 is 1. The molecule has 0 aromatic rings. The van der Waals surface area contributed by atoms with Gasteiger partial charge in [0.15, 0.2) is 0 Å². The van der Waals surface area contributed by atoms with Crippen LogP contribution in [0.1, 0.15) is 20.8 Å². The van der Waals surface area contributed by atoms with Crippen LogP contribution in [0, 0.1) is 5.41 Å². The van der Waals surface area contributed by atoms with Gasteiger partial charge in [0.25, 0.3) is 0 Å². The summed E-state index contributed by atoms with van der Waals surface area (Å²) in [5, 5.41) is 0. The predicted molar refractivity (Wildman–Crippen MR) is 88.5 cm³/mol. The first kappa shape index (κ1) is 17.6. The van der Waals surface area contributed by atoms with E-state index in [1.54, 1.807) is 7.11 Å². The van der Waals surface area contributed by atoms with Crippen molar-refractivity contribution in [3.63, 3.8) is 0 Å². The van der Waals surface area contributed by atoms with E-state index in [1.807, 2.05) is 30.6 Å². The molecule has 3 aliphatic rings. The molecule has 7 heteroatoms. The van der Waals surface area contributed by atoms with Gasteiger partial charge in [-0.2, -0.15) is 0 Å². The molecule has 0 radical (unpaired) electrons. The third kappa shape index (κ3) is 3.05. The van der Waals surface area contributed by atoms with Crippen LogP contribution in [-0.2, 0) is 19.1 Å². The Balaban J connectivity index is 1.75. The highest BCUT2D eigenvalue weighted by Crippen LogP contribution is 2.37. The van der Waals surface area contributed by atoms with Crippen LogP contribution in [0.4, 0.5) is 0 Å². The van der Waals surface area contributed by atoms with E-state index >= 15 is 0 Å². The number of ether oxygens (including phenoxy) is 2. The minimum atomic E-state index is -0.369. The zero-order chi connectivity index (χ0) is 17.5. The van der Waals surface area contributed by atoms with Crippen LogP contribution in [0.2, 0.25) is 0 Å². The highest BCUT2D eigenvalue weighted by molar-refractivity contribution is 5.83. The summed E-state index contributed by atoms with van der Waals surface area (Å²) in [6, 6.07) is 0.209. The Labute approximate surface area is 143 Å². The van der Waals surface area contributed by atoms with Crippen molar-refractivity contribution in [2.75, 3.05) is 59.7 Å². The Kier molecular flexibility index (Phi) is 4.61. The maximum absolute atomic E-state index is 12.5. The zero-order valence-electron chi connectivity index (χ0n) is 15.2. The summed E-state index contributed by atoms with van der Waals surface area (Å²) >= 11 is 0. The number of fused-ring (bicyclic) bond motifs is 2. The molecular weight excluding hydrogens is 310 g/mol. The van der Waals surface area contributed by atoms with Gasteiger partial charge in [0.05, 0.1) is 24.8 Å². The molecule has 3 aliphatic heterocycles. The molecule has 0 aliphatic carbocycles. The van der Waals surface area contributed by atoms with Crippen LogP contribution in [0.3, 0.4) is 0 Å². The lowest BCUT2D eigenvalue weighted by molar-refractivity contribution is -0.186. The molecule has 0 unspecified atom stereocenters. The number of carbonyl (C=O) groups excluding carboxylic acids is 2. The maximum Gasteiger partial charge on any atom is 0.248 e. The third-order valence-corrected chi connectivity index (χ3v) is 5.27. The molecule has 0 aromatic heterocycles. The van der Waals surface area contributed by atoms with Crippen LogP contribution < -0.4 is 0 Å². The SMILES string of the molecule is COCC(=O)N1C[C@@H]2COCCN2C2(C1)CN(C(=O)C(C)(C)C)C2. The summed E-state index contributed by atoms with van der Waals surface area (Å²) in [7, 11) is 1.54. The number of hydrogen-bond donors (Lipinski definition) is 0. The van der Waals surface area contributed by atoms with Gasteiger partial charge in [-0.1, -0.05) is 20.8 Å². The number of morpholine rings is 1. The molecule has 136 valence electrons. The average molecular weight is 339 g/mol.